The third kappa shape index (κ3) is 4.71. The van der Waals surface area contributed by atoms with E-state index in [4.69, 9.17) is 0 Å². The first-order valence-corrected chi connectivity index (χ1v) is 9.81. The Bertz CT molecular complexity index is 619. The predicted octanol–water partition coefficient (Wildman–Crippen LogP) is 2.35. The van der Waals surface area contributed by atoms with Crippen molar-refractivity contribution >= 4 is 11.7 Å². The number of carbonyl (C=O) groups is 2. The number of carbonyl (C=O) groups excluding carboxylic acids is 2. The number of rotatable bonds is 7. The summed E-state index contributed by atoms with van der Waals surface area (Å²) >= 11 is 0. The van der Waals surface area contributed by atoms with Crippen LogP contribution in [-0.4, -0.2) is 65.9 Å². The Hall–Kier alpha value is -1.72. The highest BCUT2D eigenvalue weighted by molar-refractivity contribution is 5.95. The molecule has 1 atom stereocenters. The third-order valence-corrected chi connectivity index (χ3v) is 5.83. The molecule has 1 aromatic carbocycles. The van der Waals surface area contributed by atoms with Crippen molar-refractivity contribution in [3.63, 3.8) is 0 Å². The third-order valence-electron chi connectivity index (χ3n) is 5.83. The highest BCUT2D eigenvalue weighted by Gasteiger charge is 2.41. The Morgan fingerprint density at radius 2 is 1.92 bits per heavy atom. The molecule has 5 nitrogen and oxygen atoms in total. The smallest absolute Gasteiger partial charge is 0.222 e. The van der Waals surface area contributed by atoms with Crippen LogP contribution in [0.3, 0.4) is 0 Å². The van der Waals surface area contributed by atoms with E-state index in [0.29, 0.717) is 19.4 Å². The highest BCUT2D eigenvalue weighted by atomic mass is 16.3. The van der Waals surface area contributed by atoms with Gasteiger partial charge in [0.05, 0.1) is 6.61 Å². The summed E-state index contributed by atoms with van der Waals surface area (Å²) in [4.78, 5) is 28.6. The number of piperidine rings is 2. The summed E-state index contributed by atoms with van der Waals surface area (Å²) in [6.45, 7) is 4.27. The summed E-state index contributed by atoms with van der Waals surface area (Å²) in [6, 6.07) is 9.51. The van der Waals surface area contributed by atoms with Crippen molar-refractivity contribution in [2.75, 3.05) is 39.3 Å². The van der Waals surface area contributed by atoms with E-state index in [0.717, 1.165) is 57.4 Å². The Morgan fingerprint density at radius 1 is 1.12 bits per heavy atom. The van der Waals surface area contributed by atoms with Crippen molar-refractivity contribution in [2.24, 2.45) is 5.41 Å². The van der Waals surface area contributed by atoms with Crippen LogP contribution < -0.4 is 0 Å². The average molecular weight is 358 g/mol. The fraction of sp³-hybridized carbons (Fsp3) is 0.619. The van der Waals surface area contributed by atoms with Gasteiger partial charge in [0.1, 0.15) is 0 Å². The van der Waals surface area contributed by atoms with Crippen LogP contribution in [0.25, 0.3) is 0 Å². The lowest BCUT2D eigenvalue weighted by Crippen LogP contribution is -2.54. The molecule has 1 N–H and O–H groups in total. The predicted molar refractivity (Wildman–Crippen MR) is 101 cm³/mol. The van der Waals surface area contributed by atoms with Crippen molar-refractivity contribution in [2.45, 2.75) is 38.5 Å². The zero-order valence-electron chi connectivity index (χ0n) is 15.5. The molecule has 0 saturated carbocycles. The number of benzene rings is 1. The van der Waals surface area contributed by atoms with Crippen LogP contribution in [0.2, 0.25) is 0 Å². The van der Waals surface area contributed by atoms with Crippen molar-refractivity contribution in [1.82, 2.24) is 9.80 Å². The molecule has 0 radical (unpaired) electrons. The van der Waals surface area contributed by atoms with Crippen molar-refractivity contribution in [1.29, 1.82) is 0 Å². The van der Waals surface area contributed by atoms with Crippen LogP contribution in [0.15, 0.2) is 30.3 Å². The molecule has 2 aliphatic heterocycles. The van der Waals surface area contributed by atoms with Crippen molar-refractivity contribution in [3.05, 3.63) is 35.9 Å². The average Bonchev–Trinajstić information content (AvgIpc) is 2.66. The fourth-order valence-corrected chi connectivity index (χ4v) is 4.49. The van der Waals surface area contributed by atoms with Crippen LogP contribution in [0, 0.1) is 5.41 Å². The topological polar surface area (TPSA) is 60.9 Å². The fourth-order valence-electron chi connectivity index (χ4n) is 4.49. The first-order valence-electron chi connectivity index (χ1n) is 9.81. The van der Waals surface area contributed by atoms with Crippen LogP contribution in [0.1, 0.15) is 48.9 Å². The maximum Gasteiger partial charge on any atom is 0.222 e. The van der Waals surface area contributed by atoms with E-state index in [-0.39, 0.29) is 23.7 Å². The minimum atomic E-state index is 0.0349. The number of aliphatic hydroxyl groups is 1. The van der Waals surface area contributed by atoms with Gasteiger partial charge in [-0.25, -0.2) is 0 Å². The minimum Gasteiger partial charge on any atom is -0.395 e. The van der Waals surface area contributed by atoms with Gasteiger partial charge in [-0.15, -0.1) is 0 Å². The highest BCUT2D eigenvalue weighted by Crippen LogP contribution is 2.38. The zero-order valence-corrected chi connectivity index (χ0v) is 15.5. The van der Waals surface area contributed by atoms with Gasteiger partial charge in [0.2, 0.25) is 5.91 Å². The number of hydrogen-bond acceptors (Lipinski definition) is 4. The first-order chi connectivity index (χ1) is 12.6. The molecule has 0 aromatic heterocycles. The number of Topliss-reactive ketones (excluding diaryl/α,β-unsaturated/α-hetero) is 1. The molecule has 2 fully saturated rings. The van der Waals surface area contributed by atoms with E-state index >= 15 is 0 Å². The maximum atomic E-state index is 12.2. The number of amides is 1. The molecule has 0 bridgehead atoms. The molecule has 1 unspecified atom stereocenters. The molecule has 2 saturated heterocycles. The molecular formula is C21H30N2O3. The minimum absolute atomic E-state index is 0.0349. The second-order valence-electron chi connectivity index (χ2n) is 7.81. The molecule has 1 amide bonds. The van der Waals surface area contributed by atoms with Crippen LogP contribution >= 0.6 is 0 Å². The van der Waals surface area contributed by atoms with Crippen LogP contribution in [0.4, 0.5) is 0 Å². The summed E-state index contributed by atoms with van der Waals surface area (Å²) in [5.41, 5.74) is 0.971. The molecule has 0 aliphatic carbocycles. The molecular weight excluding hydrogens is 328 g/mol. The first kappa shape index (κ1) is 19.1. The number of likely N-dealkylation sites (tertiary alicyclic amines) is 2. The second-order valence-corrected chi connectivity index (χ2v) is 7.81. The van der Waals surface area contributed by atoms with Gasteiger partial charge in [0.15, 0.2) is 5.78 Å². The monoisotopic (exact) mass is 358 g/mol. The number of β-amino-alcohol motifs (C(OH)–C–C–N with tert-alkyl or cyclic N) is 1. The van der Waals surface area contributed by atoms with Gasteiger partial charge in [-0.2, -0.15) is 0 Å². The summed E-state index contributed by atoms with van der Waals surface area (Å²) in [7, 11) is 0. The molecule has 1 spiro atoms. The number of ketones is 1. The van der Waals surface area contributed by atoms with Crippen molar-refractivity contribution in [3.8, 4) is 0 Å². The Morgan fingerprint density at radius 3 is 2.69 bits per heavy atom. The molecule has 3 rings (SSSR count). The van der Waals surface area contributed by atoms with Gasteiger partial charge in [0, 0.05) is 43.5 Å². The van der Waals surface area contributed by atoms with E-state index in [1.165, 1.54) is 0 Å². The molecule has 1 aromatic rings. The summed E-state index contributed by atoms with van der Waals surface area (Å²) in [5.74, 6) is 0.393. The molecule has 26 heavy (non-hydrogen) atoms. The molecule has 2 heterocycles. The lowest BCUT2D eigenvalue weighted by molar-refractivity contribution is -0.140. The van der Waals surface area contributed by atoms with Gasteiger partial charge < -0.3 is 14.9 Å². The standard InChI is InChI=1S/C21H30N2O3/c24-15-14-23-17-21(11-9-20(23)26)10-5-13-22(16-21)12-4-8-19(25)18-6-2-1-3-7-18/h1-3,6-7,24H,4-5,8-17H2. The van der Waals surface area contributed by atoms with Gasteiger partial charge in [-0.1, -0.05) is 30.3 Å². The number of aliphatic hydroxyl groups excluding tert-OH is 1. The van der Waals surface area contributed by atoms with Crippen molar-refractivity contribution < 1.29 is 14.7 Å². The largest absolute Gasteiger partial charge is 0.395 e. The van der Waals surface area contributed by atoms with E-state index < -0.39 is 0 Å². The normalized spacial score (nSPS) is 24.2. The Kier molecular flexibility index (Phi) is 6.43. The Labute approximate surface area is 156 Å². The van der Waals surface area contributed by atoms with Gasteiger partial charge >= 0.3 is 0 Å². The van der Waals surface area contributed by atoms with Gasteiger partial charge in [-0.05, 0) is 38.8 Å². The maximum absolute atomic E-state index is 12.2. The molecule has 2 aliphatic rings. The van der Waals surface area contributed by atoms with Gasteiger partial charge in [-0.3, -0.25) is 9.59 Å². The van der Waals surface area contributed by atoms with Crippen LogP contribution in [-0.2, 0) is 4.79 Å². The number of nitrogens with zero attached hydrogens (tertiary/aromatic N) is 2. The summed E-state index contributed by atoms with van der Waals surface area (Å²) in [5, 5.41) is 9.20. The molecule has 5 heteroatoms. The van der Waals surface area contributed by atoms with E-state index in [2.05, 4.69) is 4.90 Å². The second kappa shape index (κ2) is 8.78. The van der Waals surface area contributed by atoms with E-state index in [1.807, 2.05) is 35.2 Å². The Balaban J connectivity index is 1.49. The van der Waals surface area contributed by atoms with Crippen LogP contribution in [0.5, 0.6) is 0 Å². The summed E-state index contributed by atoms with van der Waals surface area (Å²) < 4.78 is 0. The van der Waals surface area contributed by atoms with Gasteiger partial charge in [0.25, 0.3) is 0 Å². The quantitative estimate of drug-likeness (QED) is 0.760. The number of hydrogen-bond donors (Lipinski definition) is 1. The SMILES string of the molecule is O=C(CCCN1CCCC2(CCC(=O)N(CCO)C2)C1)c1ccccc1. The van der Waals surface area contributed by atoms with E-state index in [1.54, 1.807) is 0 Å². The lowest BCUT2D eigenvalue weighted by Gasteiger charge is -2.48. The summed E-state index contributed by atoms with van der Waals surface area (Å²) in [6.07, 6.45) is 5.31. The zero-order chi connectivity index (χ0) is 18.4. The van der Waals surface area contributed by atoms with E-state index in [9.17, 15) is 14.7 Å². The molecule has 142 valence electrons. The lowest BCUT2D eigenvalue weighted by atomic mass is 9.73.